The molecule has 2 N–H and O–H groups in total. The van der Waals surface area contributed by atoms with Gasteiger partial charge in [-0.3, -0.25) is 14.9 Å². The average Bonchev–Trinajstić information content (AvgIpc) is 2.46. The molecule has 1 aliphatic heterocycles. The van der Waals surface area contributed by atoms with Crippen molar-refractivity contribution in [3.05, 3.63) is 38.3 Å². The van der Waals surface area contributed by atoms with Gasteiger partial charge in [0.1, 0.15) is 0 Å². The molecular weight excluding hydrogens is 340 g/mol. The molecule has 21 heavy (non-hydrogen) atoms. The Bertz CT molecular complexity index is 566. The molecule has 0 spiro atoms. The van der Waals surface area contributed by atoms with E-state index in [1.165, 1.54) is 18.2 Å². The van der Waals surface area contributed by atoms with Gasteiger partial charge in [-0.25, -0.2) is 0 Å². The van der Waals surface area contributed by atoms with Crippen LogP contribution in [0.2, 0.25) is 0 Å². The first-order valence-electron chi connectivity index (χ1n) is 6.57. The minimum atomic E-state index is -0.506. The molecule has 0 aliphatic carbocycles. The summed E-state index contributed by atoms with van der Waals surface area (Å²) in [6, 6.07) is 4.12. The van der Waals surface area contributed by atoms with Gasteiger partial charge in [-0.2, -0.15) is 0 Å². The number of non-ortho nitro benzene ring substituents is 1. The fraction of sp³-hybridized carbons (Fsp3) is 0.462. The van der Waals surface area contributed by atoms with Crippen LogP contribution in [0.5, 0.6) is 0 Å². The summed E-state index contributed by atoms with van der Waals surface area (Å²) in [6.45, 7) is 2.39. The second-order valence-corrected chi connectivity index (χ2v) is 5.93. The second kappa shape index (κ2) is 6.50. The molecule has 1 fully saturated rings. The largest absolute Gasteiger partial charge is 0.332 e. The summed E-state index contributed by atoms with van der Waals surface area (Å²) < 4.78 is 0.549. The van der Waals surface area contributed by atoms with E-state index < -0.39 is 4.92 Å². The van der Waals surface area contributed by atoms with Crippen molar-refractivity contribution in [2.24, 2.45) is 5.73 Å². The number of hydrogen-bond donors (Lipinski definition) is 1. The summed E-state index contributed by atoms with van der Waals surface area (Å²) >= 11 is 3.29. The first-order valence-corrected chi connectivity index (χ1v) is 7.37. The second-order valence-electron chi connectivity index (χ2n) is 5.07. The third-order valence-electron chi connectivity index (χ3n) is 3.61. The molecule has 114 valence electrons. The van der Waals surface area contributed by atoms with Crippen LogP contribution in [-0.4, -0.2) is 59.9 Å². The van der Waals surface area contributed by atoms with Crippen molar-refractivity contribution in [1.82, 2.24) is 9.80 Å². The lowest BCUT2D eigenvalue weighted by Gasteiger charge is -2.39. The first kappa shape index (κ1) is 15.9. The third kappa shape index (κ3) is 3.39. The number of likely N-dealkylation sites (N-methyl/N-ethyl adjacent to an activating group) is 1. The zero-order valence-electron chi connectivity index (χ0n) is 11.7. The average molecular weight is 357 g/mol. The minimum Gasteiger partial charge on any atom is -0.332 e. The number of nitrogens with two attached hydrogens (primary N) is 1. The smallest absolute Gasteiger partial charge is 0.270 e. The number of nitro groups is 1. The molecule has 1 unspecified atom stereocenters. The van der Waals surface area contributed by atoms with Gasteiger partial charge in [0.05, 0.1) is 16.5 Å². The Balaban J connectivity index is 2.30. The highest BCUT2D eigenvalue weighted by molar-refractivity contribution is 9.10. The van der Waals surface area contributed by atoms with E-state index in [1.54, 1.807) is 4.90 Å². The molecule has 0 bridgehead atoms. The standard InChI is InChI=1S/C13H17BrN4O3/c1-16-4-5-17(10(7-15)8-16)13(19)11-6-9(18(20)21)2-3-12(11)14/h2-3,6,10H,4-5,7-8,15H2,1H3. The number of halogens is 1. The Hall–Kier alpha value is -1.51. The van der Waals surface area contributed by atoms with Crippen molar-refractivity contribution in [3.8, 4) is 0 Å². The number of nitro benzene ring substituents is 1. The number of benzene rings is 1. The molecule has 1 heterocycles. The molecule has 1 aromatic carbocycles. The molecule has 1 aliphatic rings. The van der Waals surface area contributed by atoms with Gasteiger partial charge >= 0.3 is 0 Å². The fourth-order valence-corrected chi connectivity index (χ4v) is 2.84. The van der Waals surface area contributed by atoms with Gasteiger partial charge in [0.2, 0.25) is 0 Å². The number of carbonyl (C=O) groups excluding carboxylic acids is 1. The van der Waals surface area contributed by atoms with E-state index in [2.05, 4.69) is 20.8 Å². The maximum atomic E-state index is 12.7. The monoisotopic (exact) mass is 356 g/mol. The summed E-state index contributed by atoms with van der Waals surface area (Å²) in [5.74, 6) is -0.228. The van der Waals surface area contributed by atoms with E-state index in [1.807, 2.05) is 7.05 Å². The number of amides is 1. The van der Waals surface area contributed by atoms with E-state index in [4.69, 9.17) is 5.73 Å². The normalized spacial score (nSPS) is 19.6. The number of carbonyl (C=O) groups is 1. The SMILES string of the molecule is CN1CCN(C(=O)c2cc([N+](=O)[O-])ccc2Br)C(CN)C1. The number of nitrogens with zero attached hydrogens (tertiary/aromatic N) is 3. The minimum absolute atomic E-state index is 0.0811. The highest BCUT2D eigenvalue weighted by Gasteiger charge is 2.30. The van der Waals surface area contributed by atoms with Crippen LogP contribution in [0.1, 0.15) is 10.4 Å². The quantitative estimate of drug-likeness (QED) is 0.645. The maximum absolute atomic E-state index is 12.7. The van der Waals surface area contributed by atoms with Crippen molar-refractivity contribution < 1.29 is 9.72 Å². The molecule has 0 aromatic heterocycles. The van der Waals surface area contributed by atoms with Crippen LogP contribution in [0, 0.1) is 10.1 Å². The number of piperazine rings is 1. The van der Waals surface area contributed by atoms with E-state index in [0.29, 0.717) is 29.7 Å². The highest BCUT2D eigenvalue weighted by atomic mass is 79.9. The lowest BCUT2D eigenvalue weighted by molar-refractivity contribution is -0.384. The molecule has 1 aromatic rings. The zero-order valence-corrected chi connectivity index (χ0v) is 13.2. The maximum Gasteiger partial charge on any atom is 0.270 e. The Labute approximate surface area is 131 Å². The molecule has 2 rings (SSSR count). The van der Waals surface area contributed by atoms with Gasteiger partial charge in [0, 0.05) is 42.8 Å². The summed E-state index contributed by atoms with van der Waals surface area (Å²) in [7, 11) is 1.98. The topological polar surface area (TPSA) is 92.7 Å². The number of hydrogen-bond acceptors (Lipinski definition) is 5. The Morgan fingerprint density at radius 3 is 2.86 bits per heavy atom. The van der Waals surface area contributed by atoms with E-state index in [-0.39, 0.29) is 17.6 Å². The van der Waals surface area contributed by atoms with E-state index in [9.17, 15) is 14.9 Å². The summed E-state index contributed by atoms with van der Waals surface area (Å²) in [5, 5.41) is 10.9. The van der Waals surface area contributed by atoms with Crippen molar-refractivity contribution >= 4 is 27.5 Å². The van der Waals surface area contributed by atoms with Gasteiger partial charge in [-0.05, 0) is 29.0 Å². The van der Waals surface area contributed by atoms with Gasteiger partial charge in [0.15, 0.2) is 0 Å². The molecule has 1 saturated heterocycles. The van der Waals surface area contributed by atoms with Crippen LogP contribution in [0.3, 0.4) is 0 Å². The van der Waals surface area contributed by atoms with Crippen LogP contribution in [0.4, 0.5) is 5.69 Å². The molecule has 0 saturated carbocycles. The van der Waals surface area contributed by atoms with Crippen LogP contribution >= 0.6 is 15.9 Å². The fourth-order valence-electron chi connectivity index (χ4n) is 2.43. The van der Waals surface area contributed by atoms with Crippen LogP contribution in [0.25, 0.3) is 0 Å². The molecule has 7 nitrogen and oxygen atoms in total. The highest BCUT2D eigenvalue weighted by Crippen LogP contribution is 2.25. The first-order chi connectivity index (χ1) is 9.93. The number of rotatable bonds is 3. The van der Waals surface area contributed by atoms with Crippen LogP contribution in [-0.2, 0) is 0 Å². The molecule has 8 heteroatoms. The molecule has 0 radical (unpaired) electrons. The Morgan fingerprint density at radius 2 is 2.24 bits per heavy atom. The van der Waals surface area contributed by atoms with Gasteiger partial charge in [-0.15, -0.1) is 0 Å². The van der Waals surface area contributed by atoms with Crippen molar-refractivity contribution in [1.29, 1.82) is 0 Å². The Kier molecular flexibility index (Phi) is 4.92. The van der Waals surface area contributed by atoms with E-state index >= 15 is 0 Å². The van der Waals surface area contributed by atoms with Crippen LogP contribution in [0.15, 0.2) is 22.7 Å². The van der Waals surface area contributed by atoms with Gasteiger partial charge in [0.25, 0.3) is 11.6 Å². The van der Waals surface area contributed by atoms with Crippen molar-refractivity contribution in [2.45, 2.75) is 6.04 Å². The molecular formula is C13H17BrN4O3. The molecule has 1 atom stereocenters. The Morgan fingerprint density at radius 1 is 1.52 bits per heavy atom. The van der Waals surface area contributed by atoms with Gasteiger partial charge < -0.3 is 15.5 Å². The lowest BCUT2D eigenvalue weighted by atomic mass is 10.1. The van der Waals surface area contributed by atoms with Crippen molar-refractivity contribution in [2.75, 3.05) is 33.2 Å². The summed E-state index contributed by atoms with van der Waals surface area (Å²) in [5.41, 5.74) is 5.95. The van der Waals surface area contributed by atoms with Gasteiger partial charge in [-0.1, -0.05) is 0 Å². The summed E-state index contributed by atoms with van der Waals surface area (Å²) in [6.07, 6.45) is 0. The predicted octanol–water partition coefficient (Wildman–Crippen LogP) is 1.07. The van der Waals surface area contributed by atoms with Crippen molar-refractivity contribution in [3.63, 3.8) is 0 Å². The third-order valence-corrected chi connectivity index (χ3v) is 4.30. The molecule has 1 amide bonds. The zero-order chi connectivity index (χ0) is 15.6. The predicted molar refractivity (Wildman–Crippen MR) is 82.2 cm³/mol. The van der Waals surface area contributed by atoms with E-state index in [0.717, 1.165) is 6.54 Å². The van der Waals surface area contributed by atoms with Crippen LogP contribution < -0.4 is 5.73 Å². The summed E-state index contributed by atoms with van der Waals surface area (Å²) in [4.78, 5) is 26.8. The lowest BCUT2D eigenvalue weighted by Crippen LogP contribution is -2.56.